The molecule has 37 heavy (non-hydrogen) atoms. The number of nitrogens with zero attached hydrogens (tertiary/aromatic N) is 6. The summed E-state index contributed by atoms with van der Waals surface area (Å²) in [6, 6.07) is 7.73. The Morgan fingerprint density at radius 2 is 1.62 bits per heavy atom. The Labute approximate surface area is 235 Å². The van der Waals surface area contributed by atoms with Gasteiger partial charge in [-0.05, 0) is 64.3 Å². The van der Waals surface area contributed by atoms with Gasteiger partial charge in [-0.15, -0.1) is 47.4 Å². The molecule has 200 valence electrons. The molecule has 9 nitrogen and oxygen atoms in total. The Balaban J connectivity index is 0.00000160. The van der Waals surface area contributed by atoms with Crippen LogP contribution in [0.5, 0.6) is 5.75 Å². The van der Waals surface area contributed by atoms with Gasteiger partial charge in [-0.2, -0.15) is 5.10 Å². The summed E-state index contributed by atoms with van der Waals surface area (Å²) in [7, 11) is 1.86. The fraction of sp³-hybridized carbons (Fsp3) is 0.400. The Kier molecular flexibility index (Phi) is 9.36. The third-order valence-electron chi connectivity index (χ3n) is 6.26. The predicted molar refractivity (Wildman–Crippen MR) is 154 cm³/mol. The maximum absolute atomic E-state index is 10.7. The number of anilines is 1. The SMILES string of the molecule is Cl.Cl.Cl.Cn1ncc2cc(-c3ccc(-c4cnc(NC5CC(C)(C)NC(C)(C)C5)nn4)c(O)c3)cnc21. The number of benzene rings is 1. The lowest BCUT2D eigenvalue weighted by Gasteiger charge is -2.46. The van der Waals surface area contributed by atoms with Gasteiger partial charge >= 0.3 is 0 Å². The number of halogens is 3. The number of hydrogen-bond acceptors (Lipinski definition) is 8. The molecule has 12 heteroatoms. The van der Waals surface area contributed by atoms with Crippen molar-refractivity contribution in [3.05, 3.63) is 42.9 Å². The van der Waals surface area contributed by atoms with E-state index in [9.17, 15) is 5.11 Å². The van der Waals surface area contributed by atoms with Crippen LogP contribution in [0.3, 0.4) is 0 Å². The summed E-state index contributed by atoms with van der Waals surface area (Å²) in [4.78, 5) is 8.95. The number of aromatic hydroxyl groups is 1. The first-order valence-corrected chi connectivity index (χ1v) is 11.5. The number of hydrogen-bond donors (Lipinski definition) is 3. The number of phenolic OH excluding ortho intramolecular Hbond substituents is 1. The van der Waals surface area contributed by atoms with Gasteiger partial charge in [-0.3, -0.25) is 4.68 Å². The molecule has 1 aliphatic rings. The average Bonchev–Trinajstić information content (AvgIpc) is 3.12. The van der Waals surface area contributed by atoms with E-state index in [2.05, 4.69) is 63.6 Å². The highest BCUT2D eigenvalue weighted by atomic mass is 35.5. The van der Waals surface area contributed by atoms with E-state index in [1.807, 2.05) is 25.2 Å². The van der Waals surface area contributed by atoms with E-state index in [4.69, 9.17) is 0 Å². The Morgan fingerprint density at radius 1 is 0.919 bits per heavy atom. The first kappa shape index (κ1) is 30.5. The number of pyridine rings is 1. The summed E-state index contributed by atoms with van der Waals surface area (Å²) < 4.78 is 1.73. The molecular formula is C25H33Cl3N8O. The number of fused-ring (bicyclic) bond motifs is 1. The van der Waals surface area contributed by atoms with Gasteiger partial charge in [-0.1, -0.05) is 6.07 Å². The van der Waals surface area contributed by atoms with Crippen LogP contribution in [-0.4, -0.2) is 52.2 Å². The second-order valence-corrected chi connectivity index (χ2v) is 10.4. The molecule has 3 N–H and O–H groups in total. The zero-order valence-corrected chi connectivity index (χ0v) is 23.8. The van der Waals surface area contributed by atoms with Crippen LogP contribution in [0.15, 0.2) is 42.9 Å². The minimum Gasteiger partial charge on any atom is -0.507 e. The van der Waals surface area contributed by atoms with Gasteiger partial charge in [0.15, 0.2) is 5.65 Å². The number of aromatic nitrogens is 6. The van der Waals surface area contributed by atoms with Crippen LogP contribution in [0.1, 0.15) is 40.5 Å². The molecule has 0 atom stereocenters. The zero-order chi connectivity index (χ0) is 24.1. The third-order valence-corrected chi connectivity index (χ3v) is 6.26. The molecule has 5 rings (SSSR count). The second-order valence-electron chi connectivity index (χ2n) is 10.4. The van der Waals surface area contributed by atoms with Crippen LogP contribution >= 0.6 is 37.2 Å². The monoisotopic (exact) mass is 566 g/mol. The van der Waals surface area contributed by atoms with E-state index in [0.717, 1.165) is 35.0 Å². The molecule has 1 saturated heterocycles. The Morgan fingerprint density at radius 3 is 2.24 bits per heavy atom. The molecule has 1 fully saturated rings. The number of phenols is 1. The minimum absolute atomic E-state index is 0. The van der Waals surface area contributed by atoms with E-state index < -0.39 is 0 Å². The van der Waals surface area contributed by atoms with Crippen molar-refractivity contribution >= 4 is 54.2 Å². The van der Waals surface area contributed by atoms with Crippen molar-refractivity contribution in [2.24, 2.45) is 7.05 Å². The van der Waals surface area contributed by atoms with Crippen molar-refractivity contribution < 1.29 is 5.11 Å². The number of piperidine rings is 1. The van der Waals surface area contributed by atoms with Crippen molar-refractivity contribution in [3.8, 4) is 28.1 Å². The average molecular weight is 568 g/mol. The van der Waals surface area contributed by atoms with Crippen LogP contribution in [0.2, 0.25) is 0 Å². The van der Waals surface area contributed by atoms with Gasteiger partial charge in [0.05, 0.1) is 12.4 Å². The molecule has 3 aromatic heterocycles. The van der Waals surface area contributed by atoms with Crippen molar-refractivity contribution in [2.75, 3.05) is 5.32 Å². The lowest BCUT2D eigenvalue weighted by molar-refractivity contribution is 0.170. The fourth-order valence-corrected chi connectivity index (χ4v) is 5.20. The lowest BCUT2D eigenvalue weighted by atomic mass is 9.80. The number of nitrogens with one attached hydrogen (secondary N) is 2. The van der Waals surface area contributed by atoms with Crippen LogP contribution in [0.25, 0.3) is 33.4 Å². The van der Waals surface area contributed by atoms with E-state index in [-0.39, 0.29) is 60.1 Å². The summed E-state index contributed by atoms with van der Waals surface area (Å²) in [5, 5.41) is 31.6. The Bertz CT molecular complexity index is 1340. The first-order valence-electron chi connectivity index (χ1n) is 11.5. The molecule has 0 aliphatic carbocycles. The van der Waals surface area contributed by atoms with Crippen LogP contribution < -0.4 is 10.6 Å². The summed E-state index contributed by atoms with van der Waals surface area (Å²) >= 11 is 0. The van der Waals surface area contributed by atoms with Crippen molar-refractivity contribution in [1.82, 2.24) is 35.3 Å². The van der Waals surface area contributed by atoms with E-state index >= 15 is 0 Å². The Hall–Kier alpha value is -2.72. The van der Waals surface area contributed by atoms with Crippen LogP contribution in [-0.2, 0) is 7.05 Å². The summed E-state index contributed by atoms with van der Waals surface area (Å²) in [5.41, 5.74) is 3.72. The van der Waals surface area contributed by atoms with Gasteiger partial charge < -0.3 is 15.7 Å². The smallest absolute Gasteiger partial charge is 0.242 e. The maximum Gasteiger partial charge on any atom is 0.242 e. The quantitative estimate of drug-likeness (QED) is 0.309. The molecule has 0 bridgehead atoms. The largest absolute Gasteiger partial charge is 0.507 e. The van der Waals surface area contributed by atoms with Gasteiger partial charge in [0.1, 0.15) is 11.4 Å². The third kappa shape index (κ3) is 6.59. The molecular weight excluding hydrogens is 535 g/mol. The normalized spacial score (nSPS) is 16.2. The minimum atomic E-state index is 0. The topological polar surface area (TPSA) is 114 Å². The van der Waals surface area contributed by atoms with Crippen LogP contribution in [0, 0.1) is 0 Å². The highest BCUT2D eigenvalue weighted by Gasteiger charge is 2.37. The number of rotatable bonds is 4. The highest BCUT2D eigenvalue weighted by molar-refractivity contribution is 5.86. The highest BCUT2D eigenvalue weighted by Crippen LogP contribution is 2.33. The molecule has 4 heterocycles. The molecule has 1 aromatic carbocycles. The van der Waals surface area contributed by atoms with Gasteiger partial charge in [0, 0.05) is 46.9 Å². The van der Waals surface area contributed by atoms with Gasteiger partial charge in [0.25, 0.3) is 0 Å². The van der Waals surface area contributed by atoms with E-state index in [0.29, 0.717) is 17.2 Å². The molecule has 0 amide bonds. The van der Waals surface area contributed by atoms with Crippen molar-refractivity contribution in [3.63, 3.8) is 0 Å². The van der Waals surface area contributed by atoms with E-state index in [1.165, 1.54) is 0 Å². The molecule has 4 aromatic rings. The maximum atomic E-state index is 10.7. The molecule has 1 aliphatic heterocycles. The zero-order valence-electron chi connectivity index (χ0n) is 21.4. The predicted octanol–water partition coefficient (Wildman–Crippen LogP) is 5.18. The fourth-order valence-electron chi connectivity index (χ4n) is 5.20. The number of aryl methyl sites for hydroxylation is 1. The van der Waals surface area contributed by atoms with Crippen molar-refractivity contribution in [1.29, 1.82) is 0 Å². The van der Waals surface area contributed by atoms with Gasteiger partial charge in [-0.25, -0.2) is 9.97 Å². The van der Waals surface area contributed by atoms with Gasteiger partial charge in [0.2, 0.25) is 5.95 Å². The summed E-state index contributed by atoms with van der Waals surface area (Å²) in [5.74, 6) is 0.608. The molecule has 0 unspecified atom stereocenters. The summed E-state index contributed by atoms with van der Waals surface area (Å²) in [6.45, 7) is 8.84. The van der Waals surface area contributed by atoms with Crippen LogP contribution in [0.4, 0.5) is 5.95 Å². The molecule has 0 saturated carbocycles. The van der Waals surface area contributed by atoms with Crippen molar-refractivity contribution in [2.45, 2.75) is 57.7 Å². The second kappa shape index (κ2) is 11.3. The standard InChI is InChI=1S/C25H30N8O.3ClH/c1-24(2)10-18(11-25(3,4)32-24)29-23-27-14-20(30-31-23)19-7-6-15(9-21(19)34)16-8-17-13-28-33(5)22(17)26-12-16;;;/h6-9,12-14,18,32,34H,10-11H2,1-5H3,(H,27,29,31);3*1H. The first-order chi connectivity index (χ1) is 16.1. The molecule has 0 spiro atoms. The summed E-state index contributed by atoms with van der Waals surface area (Å²) in [6.07, 6.45) is 7.13. The van der Waals surface area contributed by atoms with E-state index in [1.54, 1.807) is 29.3 Å². The lowest BCUT2D eigenvalue weighted by Crippen LogP contribution is -2.60. The molecule has 0 radical (unpaired) electrons.